The molecule has 6 heteroatoms. The minimum Gasteiger partial charge on any atom is -0.342 e. The lowest BCUT2D eigenvalue weighted by Crippen LogP contribution is -2.34. The fraction of sp³-hybridized carbons (Fsp3) is 0.562. The minimum absolute atomic E-state index is 0.0465. The van der Waals surface area contributed by atoms with Gasteiger partial charge in [-0.15, -0.1) is 0 Å². The molecule has 1 saturated carbocycles. The second kappa shape index (κ2) is 5.68. The van der Waals surface area contributed by atoms with Crippen LogP contribution in [0.15, 0.2) is 18.2 Å². The normalized spacial score (nSPS) is 27.0. The first-order valence-corrected chi connectivity index (χ1v) is 7.73. The number of hydrogen-bond donors (Lipinski definition) is 1. The Morgan fingerprint density at radius 3 is 2.86 bits per heavy atom. The maximum Gasteiger partial charge on any atom is 0.272 e. The van der Waals surface area contributed by atoms with Crippen LogP contribution in [-0.2, 0) is 11.2 Å². The molecular formula is C16H21N3O3. The van der Waals surface area contributed by atoms with Gasteiger partial charge in [0.15, 0.2) is 0 Å². The molecule has 2 aliphatic rings. The summed E-state index contributed by atoms with van der Waals surface area (Å²) in [5.41, 5.74) is 7.49. The molecule has 0 aromatic heterocycles. The van der Waals surface area contributed by atoms with Crippen molar-refractivity contribution < 1.29 is 9.72 Å². The summed E-state index contributed by atoms with van der Waals surface area (Å²) in [7, 11) is 0. The van der Waals surface area contributed by atoms with Gasteiger partial charge in [-0.05, 0) is 37.2 Å². The number of likely N-dealkylation sites (tertiary alicyclic amines) is 1. The van der Waals surface area contributed by atoms with E-state index in [9.17, 15) is 14.9 Å². The molecule has 2 N–H and O–H groups in total. The Hall–Kier alpha value is -1.95. The van der Waals surface area contributed by atoms with Gasteiger partial charge < -0.3 is 10.6 Å². The Kier molecular flexibility index (Phi) is 3.87. The van der Waals surface area contributed by atoms with E-state index in [0.29, 0.717) is 17.4 Å². The molecule has 0 bridgehead atoms. The van der Waals surface area contributed by atoms with E-state index in [4.69, 9.17) is 5.73 Å². The van der Waals surface area contributed by atoms with Crippen molar-refractivity contribution in [3.63, 3.8) is 0 Å². The zero-order chi connectivity index (χ0) is 15.9. The van der Waals surface area contributed by atoms with Crippen LogP contribution in [0.25, 0.3) is 0 Å². The lowest BCUT2D eigenvalue weighted by atomic mass is 9.98. The average molecular weight is 303 g/mol. The molecule has 3 rings (SSSR count). The number of nitro groups is 1. The summed E-state index contributed by atoms with van der Waals surface area (Å²) in [5, 5.41) is 11.0. The average Bonchev–Trinajstić information content (AvgIpc) is 3.03. The van der Waals surface area contributed by atoms with Gasteiger partial charge in [-0.3, -0.25) is 14.9 Å². The predicted molar refractivity (Wildman–Crippen MR) is 82.3 cm³/mol. The number of amides is 1. The van der Waals surface area contributed by atoms with Crippen molar-refractivity contribution in [2.45, 2.75) is 32.2 Å². The number of fused-ring (bicyclic) bond motifs is 1. The molecule has 6 nitrogen and oxygen atoms in total. The number of benzene rings is 1. The number of nitro benzene ring substituents is 1. The maximum atomic E-state index is 12.5. The van der Waals surface area contributed by atoms with E-state index >= 15 is 0 Å². The standard InChI is InChI=1S/C16H21N3O3/c1-10-11(3-2-4-15(10)19(21)22)7-16(20)18-8-12-5-6-14(17)13(12)9-18/h2-4,12-14H,5-9,17H2,1H3. The molecule has 0 radical (unpaired) electrons. The summed E-state index contributed by atoms with van der Waals surface area (Å²) in [6, 6.07) is 5.12. The Bertz CT molecular complexity index is 617. The predicted octanol–water partition coefficient (Wildman–Crippen LogP) is 1.64. The van der Waals surface area contributed by atoms with Gasteiger partial charge in [0.25, 0.3) is 5.69 Å². The third-order valence-corrected chi connectivity index (χ3v) is 5.22. The van der Waals surface area contributed by atoms with Crippen LogP contribution in [0.2, 0.25) is 0 Å². The molecular weight excluding hydrogens is 282 g/mol. The minimum atomic E-state index is -0.400. The lowest BCUT2D eigenvalue weighted by molar-refractivity contribution is -0.385. The first kappa shape index (κ1) is 15.0. The third-order valence-electron chi connectivity index (χ3n) is 5.22. The van der Waals surface area contributed by atoms with Gasteiger partial charge in [-0.1, -0.05) is 12.1 Å². The van der Waals surface area contributed by atoms with Gasteiger partial charge >= 0.3 is 0 Å². The molecule has 3 unspecified atom stereocenters. The molecule has 1 aromatic rings. The van der Waals surface area contributed by atoms with Gasteiger partial charge in [-0.2, -0.15) is 0 Å². The van der Waals surface area contributed by atoms with E-state index in [2.05, 4.69) is 0 Å². The van der Waals surface area contributed by atoms with Gasteiger partial charge in [0.2, 0.25) is 5.91 Å². The first-order chi connectivity index (χ1) is 10.5. The summed E-state index contributed by atoms with van der Waals surface area (Å²) in [6.45, 7) is 3.22. The highest BCUT2D eigenvalue weighted by Gasteiger charge is 2.42. The molecule has 1 saturated heterocycles. The molecule has 1 aliphatic carbocycles. The summed E-state index contributed by atoms with van der Waals surface area (Å²) in [4.78, 5) is 25.0. The van der Waals surface area contributed by atoms with Crippen LogP contribution in [0, 0.1) is 28.9 Å². The molecule has 0 spiro atoms. The van der Waals surface area contributed by atoms with Crippen molar-refractivity contribution in [3.05, 3.63) is 39.4 Å². The number of carbonyl (C=O) groups is 1. The van der Waals surface area contributed by atoms with Crippen LogP contribution < -0.4 is 5.73 Å². The summed E-state index contributed by atoms with van der Waals surface area (Å²) < 4.78 is 0. The molecule has 1 aliphatic heterocycles. The lowest BCUT2D eigenvalue weighted by Gasteiger charge is -2.19. The van der Waals surface area contributed by atoms with Gasteiger partial charge in [-0.25, -0.2) is 0 Å². The number of nitrogens with two attached hydrogens (primary N) is 1. The largest absolute Gasteiger partial charge is 0.342 e. The first-order valence-electron chi connectivity index (χ1n) is 7.73. The van der Waals surface area contributed by atoms with Crippen molar-refractivity contribution in [2.75, 3.05) is 13.1 Å². The summed E-state index contributed by atoms with van der Waals surface area (Å²) >= 11 is 0. The highest BCUT2D eigenvalue weighted by Crippen LogP contribution is 2.37. The van der Waals surface area contributed by atoms with Crippen LogP contribution in [-0.4, -0.2) is 34.9 Å². The fourth-order valence-corrected chi connectivity index (χ4v) is 3.85. The van der Waals surface area contributed by atoms with Crippen LogP contribution in [0.3, 0.4) is 0 Å². The van der Waals surface area contributed by atoms with Crippen molar-refractivity contribution in [2.24, 2.45) is 17.6 Å². The maximum absolute atomic E-state index is 12.5. The molecule has 2 fully saturated rings. The monoisotopic (exact) mass is 303 g/mol. The SMILES string of the molecule is Cc1c(CC(=O)N2CC3CCC(N)C3C2)cccc1[N+](=O)[O-]. The Morgan fingerprint density at radius 2 is 2.18 bits per heavy atom. The smallest absolute Gasteiger partial charge is 0.272 e. The van der Waals surface area contributed by atoms with Crippen LogP contribution in [0.5, 0.6) is 0 Å². The molecule has 3 atom stereocenters. The molecule has 118 valence electrons. The number of carbonyl (C=O) groups excluding carboxylic acids is 1. The molecule has 1 amide bonds. The summed E-state index contributed by atoms with van der Waals surface area (Å²) in [5.74, 6) is 1.01. The zero-order valence-corrected chi connectivity index (χ0v) is 12.7. The molecule has 1 heterocycles. The molecule has 1 aromatic carbocycles. The number of hydrogen-bond acceptors (Lipinski definition) is 4. The van der Waals surface area contributed by atoms with E-state index in [1.807, 2.05) is 4.90 Å². The van der Waals surface area contributed by atoms with E-state index in [1.54, 1.807) is 19.1 Å². The molecule has 22 heavy (non-hydrogen) atoms. The highest BCUT2D eigenvalue weighted by molar-refractivity contribution is 5.80. The Labute approximate surface area is 129 Å². The third kappa shape index (κ3) is 2.59. The zero-order valence-electron chi connectivity index (χ0n) is 12.7. The van der Waals surface area contributed by atoms with Crippen molar-refractivity contribution in [1.82, 2.24) is 4.90 Å². The van der Waals surface area contributed by atoms with E-state index < -0.39 is 4.92 Å². The fourth-order valence-electron chi connectivity index (χ4n) is 3.85. The van der Waals surface area contributed by atoms with Gasteiger partial charge in [0.05, 0.1) is 11.3 Å². The van der Waals surface area contributed by atoms with Crippen LogP contribution in [0.1, 0.15) is 24.0 Å². The van der Waals surface area contributed by atoms with Crippen LogP contribution in [0.4, 0.5) is 5.69 Å². The second-order valence-electron chi connectivity index (χ2n) is 6.46. The second-order valence-corrected chi connectivity index (χ2v) is 6.46. The number of rotatable bonds is 3. The van der Waals surface area contributed by atoms with Crippen molar-refractivity contribution in [3.8, 4) is 0 Å². The van der Waals surface area contributed by atoms with Crippen molar-refractivity contribution in [1.29, 1.82) is 0 Å². The summed E-state index contributed by atoms with van der Waals surface area (Å²) in [6.07, 6.45) is 2.38. The van der Waals surface area contributed by atoms with Gasteiger partial charge in [0, 0.05) is 30.8 Å². The highest BCUT2D eigenvalue weighted by atomic mass is 16.6. The topological polar surface area (TPSA) is 89.5 Å². The van der Waals surface area contributed by atoms with E-state index in [0.717, 1.165) is 31.5 Å². The quantitative estimate of drug-likeness (QED) is 0.679. The Morgan fingerprint density at radius 1 is 1.41 bits per heavy atom. The van der Waals surface area contributed by atoms with Crippen LogP contribution >= 0.6 is 0 Å². The van der Waals surface area contributed by atoms with Crippen molar-refractivity contribution >= 4 is 11.6 Å². The Balaban J connectivity index is 1.71. The number of nitrogens with zero attached hydrogens (tertiary/aromatic N) is 2. The van der Waals surface area contributed by atoms with E-state index in [-0.39, 0.29) is 24.1 Å². The van der Waals surface area contributed by atoms with Gasteiger partial charge in [0.1, 0.15) is 0 Å². The van der Waals surface area contributed by atoms with E-state index in [1.165, 1.54) is 6.07 Å².